The molecule has 1 aliphatic heterocycles. The van der Waals surface area contributed by atoms with Gasteiger partial charge in [-0.3, -0.25) is 4.79 Å². The summed E-state index contributed by atoms with van der Waals surface area (Å²) >= 11 is 1.53. The Morgan fingerprint density at radius 1 is 1.03 bits per heavy atom. The molecule has 0 saturated carbocycles. The lowest BCUT2D eigenvalue weighted by atomic mass is 10.0. The number of rotatable bonds is 8. The number of para-hydroxylation sites is 1. The average Bonchev–Trinajstić information content (AvgIpc) is 3.41. The molecule has 0 radical (unpaired) electrons. The van der Waals surface area contributed by atoms with Crippen LogP contribution < -0.4 is 5.32 Å². The van der Waals surface area contributed by atoms with Crippen LogP contribution in [0.5, 0.6) is 0 Å². The number of ether oxygens (including phenoxy) is 2. The molecule has 3 aromatic carbocycles. The lowest BCUT2D eigenvalue weighted by molar-refractivity contribution is -0.245. The second-order valence-electron chi connectivity index (χ2n) is 8.67. The molecule has 9 nitrogen and oxygen atoms in total. The Kier molecular flexibility index (Phi) is 7.90. The minimum atomic E-state index is -0.585. The molecule has 1 saturated heterocycles. The van der Waals surface area contributed by atoms with Gasteiger partial charge in [0.25, 0.3) is 0 Å². The summed E-state index contributed by atoms with van der Waals surface area (Å²) in [7, 11) is 0. The molecule has 0 unspecified atom stereocenters. The second kappa shape index (κ2) is 11.7. The van der Waals surface area contributed by atoms with Crippen LogP contribution in [0, 0.1) is 0 Å². The van der Waals surface area contributed by atoms with Crippen molar-refractivity contribution in [1.82, 2.24) is 20.2 Å². The van der Waals surface area contributed by atoms with Gasteiger partial charge in [-0.25, -0.2) is 0 Å². The molecule has 37 heavy (non-hydrogen) atoms. The van der Waals surface area contributed by atoms with Gasteiger partial charge in [0, 0.05) is 30.3 Å². The standard InChI is InChI=1S/C27H27N5O4S/c1-18(34)28-22-13-11-21(12-14-22)26-35-24(15-25(36-26)20-9-7-19(16-33)8-10-20)17-37-27-29-30-31-32(27)23-5-3-2-4-6-23/h2-14,24-26,33H,15-17H2,1H3,(H,28,34)/t24-,25+,26+/m1/s1. The van der Waals surface area contributed by atoms with Crippen molar-refractivity contribution < 1.29 is 19.4 Å². The predicted molar refractivity (Wildman–Crippen MR) is 139 cm³/mol. The molecule has 2 N–H and O–H groups in total. The van der Waals surface area contributed by atoms with Crippen LogP contribution in [0.3, 0.4) is 0 Å². The van der Waals surface area contributed by atoms with Crippen molar-refractivity contribution in [3.8, 4) is 5.69 Å². The number of aliphatic hydroxyl groups is 1. The normalized spacial score (nSPS) is 19.5. The molecule has 3 atom stereocenters. The zero-order chi connectivity index (χ0) is 25.6. The number of thioether (sulfide) groups is 1. The molecule has 1 amide bonds. The van der Waals surface area contributed by atoms with E-state index < -0.39 is 6.29 Å². The number of tetrazole rings is 1. The van der Waals surface area contributed by atoms with E-state index in [1.165, 1.54) is 18.7 Å². The Morgan fingerprint density at radius 3 is 2.46 bits per heavy atom. The van der Waals surface area contributed by atoms with Crippen LogP contribution in [-0.2, 0) is 20.9 Å². The molecule has 5 rings (SSSR count). The highest BCUT2D eigenvalue weighted by atomic mass is 32.2. The lowest BCUT2D eigenvalue weighted by Crippen LogP contribution is -2.31. The summed E-state index contributed by atoms with van der Waals surface area (Å²) < 4.78 is 14.5. The highest BCUT2D eigenvalue weighted by Crippen LogP contribution is 2.39. The monoisotopic (exact) mass is 517 g/mol. The second-order valence-corrected chi connectivity index (χ2v) is 9.66. The number of nitrogens with one attached hydrogen (secondary N) is 1. The summed E-state index contributed by atoms with van der Waals surface area (Å²) in [5, 5.41) is 25.1. The number of amides is 1. The highest BCUT2D eigenvalue weighted by molar-refractivity contribution is 7.99. The van der Waals surface area contributed by atoms with Crippen LogP contribution >= 0.6 is 11.8 Å². The average molecular weight is 518 g/mol. The molecule has 0 aliphatic carbocycles. The van der Waals surface area contributed by atoms with Gasteiger partial charge < -0.3 is 19.9 Å². The third-order valence-corrected chi connectivity index (χ3v) is 7.01. The first-order chi connectivity index (χ1) is 18.1. The van der Waals surface area contributed by atoms with Crippen molar-refractivity contribution in [1.29, 1.82) is 0 Å². The van der Waals surface area contributed by atoms with E-state index in [2.05, 4.69) is 20.8 Å². The van der Waals surface area contributed by atoms with Crippen LogP contribution in [0.1, 0.15) is 42.4 Å². The minimum absolute atomic E-state index is 0.00636. The summed E-state index contributed by atoms with van der Waals surface area (Å²) in [6.07, 6.45) is -0.267. The van der Waals surface area contributed by atoms with Gasteiger partial charge in [-0.1, -0.05) is 66.4 Å². The smallest absolute Gasteiger partial charge is 0.221 e. The number of benzene rings is 3. The molecule has 2 heterocycles. The topological polar surface area (TPSA) is 111 Å². The molecule has 0 bridgehead atoms. The number of aliphatic hydroxyl groups excluding tert-OH is 1. The van der Waals surface area contributed by atoms with E-state index in [9.17, 15) is 9.90 Å². The quantitative estimate of drug-likeness (QED) is 0.330. The Labute approximate surface area is 218 Å². The third kappa shape index (κ3) is 6.23. The zero-order valence-electron chi connectivity index (χ0n) is 20.2. The van der Waals surface area contributed by atoms with Crippen molar-refractivity contribution in [2.75, 3.05) is 11.1 Å². The first kappa shape index (κ1) is 25.1. The van der Waals surface area contributed by atoms with Crippen LogP contribution in [0.15, 0.2) is 84.0 Å². The summed E-state index contributed by atoms with van der Waals surface area (Å²) in [6.45, 7) is 1.47. The van der Waals surface area contributed by atoms with E-state index in [0.717, 1.165) is 22.4 Å². The molecule has 1 fully saturated rings. The molecule has 4 aromatic rings. The first-order valence-corrected chi connectivity index (χ1v) is 12.9. The number of aromatic nitrogens is 4. The van der Waals surface area contributed by atoms with Crippen molar-refractivity contribution in [2.24, 2.45) is 0 Å². The summed E-state index contributed by atoms with van der Waals surface area (Å²) in [5.41, 5.74) is 4.32. The Morgan fingerprint density at radius 2 is 1.76 bits per heavy atom. The zero-order valence-corrected chi connectivity index (χ0v) is 21.0. The fourth-order valence-electron chi connectivity index (χ4n) is 4.12. The largest absolute Gasteiger partial charge is 0.392 e. The Balaban J connectivity index is 1.35. The van der Waals surface area contributed by atoms with Gasteiger partial charge in [0.2, 0.25) is 11.1 Å². The van der Waals surface area contributed by atoms with E-state index in [1.54, 1.807) is 4.68 Å². The van der Waals surface area contributed by atoms with Gasteiger partial charge in [-0.05, 0) is 45.8 Å². The van der Waals surface area contributed by atoms with Crippen LogP contribution in [0.2, 0.25) is 0 Å². The summed E-state index contributed by atoms with van der Waals surface area (Å²) in [4.78, 5) is 11.4. The molecule has 0 spiro atoms. The lowest BCUT2D eigenvalue weighted by Gasteiger charge is -2.36. The number of hydrogen-bond acceptors (Lipinski definition) is 8. The van der Waals surface area contributed by atoms with Gasteiger partial charge in [0.15, 0.2) is 6.29 Å². The SMILES string of the molecule is CC(=O)Nc1ccc([C@H]2O[C@@H](CSc3nnnn3-c3ccccc3)C[C@@H](c3ccc(CO)cc3)O2)cc1. The number of carbonyl (C=O) groups excluding carboxylic acids is 1. The van der Waals surface area contributed by atoms with Crippen molar-refractivity contribution >= 4 is 23.4 Å². The summed E-state index contributed by atoms with van der Waals surface area (Å²) in [5.74, 6) is 0.502. The van der Waals surface area contributed by atoms with Crippen LogP contribution in [0.4, 0.5) is 5.69 Å². The van der Waals surface area contributed by atoms with Crippen LogP contribution in [-0.4, -0.2) is 43.1 Å². The number of anilines is 1. The van der Waals surface area contributed by atoms with Gasteiger partial charge in [0.1, 0.15) is 0 Å². The summed E-state index contributed by atoms with van der Waals surface area (Å²) in [6, 6.07) is 25.0. The third-order valence-electron chi connectivity index (χ3n) is 5.96. The van der Waals surface area contributed by atoms with E-state index in [0.29, 0.717) is 23.0 Å². The fourth-order valence-corrected chi connectivity index (χ4v) is 5.03. The number of nitrogens with zero attached hydrogens (tertiary/aromatic N) is 4. The maximum atomic E-state index is 11.4. The predicted octanol–water partition coefficient (Wildman–Crippen LogP) is 4.45. The Hall–Kier alpha value is -3.57. The van der Waals surface area contributed by atoms with Crippen molar-refractivity contribution in [3.05, 3.63) is 95.6 Å². The first-order valence-electron chi connectivity index (χ1n) is 11.9. The van der Waals surface area contributed by atoms with Crippen molar-refractivity contribution in [2.45, 2.75) is 43.6 Å². The molecular weight excluding hydrogens is 490 g/mol. The highest BCUT2D eigenvalue weighted by Gasteiger charge is 2.32. The number of carbonyl (C=O) groups is 1. The molecule has 1 aromatic heterocycles. The molecule has 10 heteroatoms. The van der Waals surface area contributed by atoms with E-state index in [-0.39, 0.29) is 24.7 Å². The van der Waals surface area contributed by atoms with Crippen molar-refractivity contribution in [3.63, 3.8) is 0 Å². The van der Waals surface area contributed by atoms with Crippen LogP contribution in [0.25, 0.3) is 5.69 Å². The van der Waals surface area contributed by atoms with Gasteiger partial charge in [-0.15, -0.1) is 5.10 Å². The number of hydrogen-bond donors (Lipinski definition) is 2. The van der Waals surface area contributed by atoms with Gasteiger partial charge >= 0.3 is 0 Å². The fraction of sp³-hybridized carbons (Fsp3) is 0.259. The molecule has 1 aliphatic rings. The van der Waals surface area contributed by atoms with Gasteiger partial charge in [0.05, 0.1) is 24.5 Å². The maximum Gasteiger partial charge on any atom is 0.221 e. The minimum Gasteiger partial charge on any atom is -0.392 e. The molecule has 190 valence electrons. The van der Waals surface area contributed by atoms with E-state index in [4.69, 9.17) is 9.47 Å². The molecular formula is C27H27N5O4S. The van der Waals surface area contributed by atoms with Gasteiger partial charge in [-0.2, -0.15) is 4.68 Å². The Bertz CT molecular complexity index is 1310. The van der Waals surface area contributed by atoms with E-state index >= 15 is 0 Å². The maximum absolute atomic E-state index is 11.4. The van der Waals surface area contributed by atoms with E-state index in [1.807, 2.05) is 78.9 Å².